The van der Waals surface area contributed by atoms with Crippen molar-refractivity contribution < 1.29 is 17.2 Å². The van der Waals surface area contributed by atoms with Crippen molar-refractivity contribution in [2.75, 3.05) is 0 Å². The summed E-state index contributed by atoms with van der Waals surface area (Å²) < 4.78 is 54.6. The molecule has 0 saturated heterocycles. The van der Waals surface area contributed by atoms with Gasteiger partial charge < -0.3 is 0 Å². The molecule has 130 valence electrons. The van der Waals surface area contributed by atoms with E-state index in [1.165, 1.54) is 11.3 Å². The first-order valence-corrected chi connectivity index (χ1v) is 9.80. The quantitative estimate of drug-likeness (QED) is 0.714. The van der Waals surface area contributed by atoms with E-state index in [0.717, 1.165) is 28.1 Å². The van der Waals surface area contributed by atoms with E-state index in [0.29, 0.717) is 6.07 Å². The molecule has 0 aliphatic heterocycles. The lowest BCUT2D eigenvalue weighted by molar-refractivity contribution is 0.557. The second-order valence-electron chi connectivity index (χ2n) is 5.59. The summed E-state index contributed by atoms with van der Waals surface area (Å²) in [5.41, 5.74) is 1.79. The lowest BCUT2D eigenvalue weighted by Gasteiger charge is -2.18. The van der Waals surface area contributed by atoms with Crippen molar-refractivity contribution in [2.45, 2.75) is 17.9 Å². The van der Waals surface area contributed by atoms with E-state index in [1.807, 2.05) is 48.7 Å². The number of nitrogens with one attached hydrogen (secondary N) is 1. The van der Waals surface area contributed by atoms with Crippen molar-refractivity contribution in [3.63, 3.8) is 0 Å². The minimum absolute atomic E-state index is 0.446. The molecular formula is C18H15F2NO2S2. The maximum Gasteiger partial charge on any atom is 0.241 e. The second-order valence-corrected chi connectivity index (χ2v) is 8.28. The minimum atomic E-state index is -4.11. The average molecular weight is 379 g/mol. The van der Waals surface area contributed by atoms with E-state index < -0.39 is 32.6 Å². The first kappa shape index (κ1) is 17.7. The van der Waals surface area contributed by atoms with Crippen LogP contribution in [0, 0.1) is 18.6 Å². The van der Waals surface area contributed by atoms with Crippen molar-refractivity contribution in [1.29, 1.82) is 0 Å². The van der Waals surface area contributed by atoms with Gasteiger partial charge in [-0.1, -0.05) is 35.9 Å². The second kappa shape index (κ2) is 7.03. The van der Waals surface area contributed by atoms with Crippen LogP contribution < -0.4 is 4.72 Å². The van der Waals surface area contributed by atoms with Crippen LogP contribution in [0.4, 0.5) is 8.78 Å². The molecule has 0 fully saturated rings. The normalized spacial score (nSPS) is 12.9. The van der Waals surface area contributed by atoms with Crippen LogP contribution in [0.3, 0.4) is 0 Å². The van der Waals surface area contributed by atoms with Gasteiger partial charge in [0.15, 0.2) is 0 Å². The minimum Gasteiger partial charge on any atom is -0.207 e. The number of sulfonamides is 1. The van der Waals surface area contributed by atoms with E-state index in [4.69, 9.17) is 0 Å². The molecule has 0 saturated carbocycles. The van der Waals surface area contributed by atoms with Crippen molar-refractivity contribution >= 4 is 21.4 Å². The summed E-state index contributed by atoms with van der Waals surface area (Å²) in [6, 6.07) is 12.6. The highest BCUT2D eigenvalue weighted by atomic mass is 32.2. The number of rotatable bonds is 5. The first-order valence-electron chi connectivity index (χ1n) is 7.43. The molecule has 1 aromatic heterocycles. The number of hydrogen-bond donors (Lipinski definition) is 1. The molecule has 0 aliphatic carbocycles. The van der Waals surface area contributed by atoms with Crippen LogP contribution in [0.5, 0.6) is 0 Å². The molecule has 3 aromatic rings. The molecule has 0 radical (unpaired) electrons. The molecule has 3 nitrogen and oxygen atoms in total. The van der Waals surface area contributed by atoms with Crippen LogP contribution in [0.1, 0.15) is 22.0 Å². The van der Waals surface area contributed by atoms with E-state index >= 15 is 0 Å². The van der Waals surface area contributed by atoms with Crippen molar-refractivity contribution in [1.82, 2.24) is 4.72 Å². The van der Waals surface area contributed by atoms with Gasteiger partial charge in [0.25, 0.3) is 0 Å². The Bertz CT molecular complexity index is 949. The van der Waals surface area contributed by atoms with E-state index in [-0.39, 0.29) is 0 Å². The predicted molar refractivity (Wildman–Crippen MR) is 94.0 cm³/mol. The van der Waals surface area contributed by atoms with Gasteiger partial charge in [0, 0.05) is 10.9 Å². The molecule has 1 N–H and O–H groups in total. The zero-order chi connectivity index (χ0) is 18.0. The molecule has 0 amide bonds. The van der Waals surface area contributed by atoms with Gasteiger partial charge in [0.1, 0.15) is 11.6 Å². The Labute approximate surface area is 149 Å². The Hall–Kier alpha value is -2.09. The van der Waals surface area contributed by atoms with Crippen molar-refractivity contribution in [3.05, 3.63) is 87.6 Å². The van der Waals surface area contributed by atoms with Crippen LogP contribution in [0.25, 0.3) is 0 Å². The van der Waals surface area contributed by atoms with Crippen LogP contribution in [0.2, 0.25) is 0 Å². The van der Waals surface area contributed by atoms with Crippen molar-refractivity contribution in [3.8, 4) is 0 Å². The maximum atomic E-state index is 13.4. The fourth-order valence-corrected chi connectivity index (χ4v) is 4.53. The fourth-order valence-electron chi connectivity index (χ4n) is 2.41. The SMILES string of the molecule is Cc1ccc([C@H](NS(=O)(=O)c2cc(F)cc(F)c2)c2cccs2)cc1. The smallest absolute Gasteiger partial charge is 0.207 e. The lowest BCUT2D eigenvalue weighted by Crippen LogP contribution is -2.29. The summed E-state index contributed by atoms with van der Waals surface area (Å²) in [6.45, 7) is 1.93. The van der Waals surface area contributed by atoms with Gasteiger partial charge in [-0.05, 0) is 36.1 Å². The van der Waals surface area contributed by atoms with Gasteiger partial charge in [0.05, 0.1) is 10.9 Å². The van der Waals surface area contributed by atoms with Gasteiger partial charge in [-0.25, -0.2) is 17.2 Å². The average Bonchev–Trinajstić information content (AvgIpc) is 3.07. The van der Waals surface area contributed by atoms with E-state index in [9.17, 15) is 17.2 Å². The number of halogens is 2. The van der Waals surface area contributed by atoms with Crippen molar-refractivity contribution in [2.24, 2.45) is 0 Å². The molecule has 2 aromatic carbocycles. The van der Waals surface area contributed by atoms with Crippen LogP contribution >= 0.6 is 11.3 Å². The number of aryl methyl sites for hydroxylation is 1. The Morgan fingerprint density at radius 3 is 2.20 bits per heavy atom. The molecule has 0 unspecified atom stereocenters. The summed E-state index contributed by atoms with van der Waals surface area (Å²) in [6.07, 6.45) is 0. The van der Waals surface area contributed by atoms with Gasteiger partial charge >= 0.3 is 0 Å². The highest BCUT2D eigenvalue weighted by molar-refractivity contribution is 7.89. The standard InChI is InChI=1S/C18H15F2NO2S2/c1-12-4-6-13(7-5-12)18(17-3-2-8-24-17)21-25(22,23)16-10-14(19)9-15(20)11-16/h2-11,18,21H,1H3/t18-/m0/s1. The number of benzene rings is 2. The fraction of sp³-hybridized carbons (Fsp3) is 0.111. The zero-order valence-corrected chi connectivity index (χ0v) is 14.9. The van der Waals surface area contributed by atoms with Gasteiger partial charge in [-0.15, -0.1) is 11.3 Å². The summed E-state index contributed by atoms with van der Waals surface area (Å²) in [5.74, 6) is -1.88. The first-order chi connectivity index (χ1) is 11.8. The highest BCUT2D eigenvalue weighted by Gasteiger charge is 2.24. The third-order valence-electron chi connectivity index (χ3n) is 3.66. The maximum absolute atomic E-state index is 13.4. The van der Waals surface area contributed by atoms with Gasteiger partial charge in [-0.2, -0.15) is 4.72 Å². The zero-order valence-electron chi connectivity index (χ0n) is 13.2. The van der Waals surface area contributed by atoms with Crippen LogP contribution in [-0.4, -0.2) is 8.42 Å². The monoisotopic (exact) mass is 379 g/mol. The van der Waals surface area contributed by atoms with E-state index in [1.54, 1.807) is 0 Å². The summed E-state index contributed by atoms with van der Waals surface area (Å²) >= 11 is 1.40. The summed E-state index contributed by atoms with van der Waals surface area (Å²) in [7, 11) is -4.11. The van der Waals surface area contributed by atoms with E-state index in [2.05, 4.69) is 4.72 Å². The van der Waals surface area contributed by atoms with Crippen LogP contribution in [-0.2, 0) is 10.0 Å². The largest absolute Gasteiger partial charge is 0.241 e. The molecule has 7 heteroatoms. The topological polar surface area (TPSA) is 46.2 Å². The third-order valence-corrected chi connectivity index (χ3v) is 6.00. The summed E-state index contributed by atoms with van der Waals surface area (Å²) in [5, 5.41) is 1.84. The Morgan fingerprint density at radius 1 is 1.00 bits per heavy atom. The highest BCUT2D eigenvalue weighted by Crippen LogP contribution is 2.28. The molecule has 0 spiro atoms. The molecular weight excluding hydrogens is 364 g/mol. The molecule has 0 aliphatic rings. The Kier molecular flexibility index (Phi) is 4.99. The molecule has 25 heavy (non-hydrogen) atoms. The molecule has 1 heterocycles. The Morgan fingerprint density at radius 2 is 1.64 bits per heavy atom. The van der Waals surface area contributed by atoms with Gasteiger partial charge in [-0.3, -0.25) is 0 Å². The van der Waals surface area contributed by atoms with Gasteiger partial charge in [0.2, 0.25) is 10.0 Å². The predicted octanol–water partition coefficient (Wildman–Crippen LogP) is 4.40. The Balaban J connectivity index is 2.01. The third kappa shape index (κ3) is 4.12. The molecule has 3 rings (SSSR count). The lowest BCUT2D eigenvalue weighted by atomic mass is 10.0. The van der Waals surface area contributed by atoms with Crippen LogP contribution in [0.15, 0.2) is 64.9 Å². The number of thiophene rings is 1. The number of hydrogen-bond acceptors (Lipinski definition) is 3. The molecule has 1 atom stereocenters. The molecule has 0 bridgehead atoms. The summed E-state index contributed by atoms with van der Waals surface area (Å²) in [4.78, 5) is 0.336.